The molecule has 0 aliphatic heterocycles. The molecule has 0 unspecified atom stereocenters. The van der Waals surface area contributed by atoms with Crippen LogP contribution in [0.2, 0.25) is 0 Å². The van der Waals surface area contributed by atoms with Crippen LogP contribution in [0, 0.1) is 0 Å². The number of rotatable bonds is 4. The molecule has 0 amide bonds. The third kappa shape index (κ3) is 2.57. The predicted octanol–water partition coefficient (Wildman–Crippen LogP) is 3.28. The smallest absolute Gasteiger partial charge is 0.0223 e. The first kappa shape index (κ1) is 7.87. The van der Waals surface area contributed by atoms with E-state index in [1.54, 1.807) is 0 Å². The summed E-state index contributed by atoms with van der Waals surface area (Å²) in [4.78, 5) is 0. The van der Waals surface area contributed by atoms with E-state index in [2.05, 4.69) is 18.2 Å². The van der Waals surface area contributed by atoms with Gasteiger partial charge in [0.15, 0.2) is 0 Å². The normalized spacial score (nSPS) is 15.9. The molecule has 1 rings (SSSR count). The van der Waals surface area contributed by atoms with Crippen LogP contribution in [0.3, 0.4) is 0 Å². The van der Waals surface area contributed by atoms with Gasteiger partial charge in [-0.05, 0) is 25.7 Å². The molecule has 0 heterocycles. The van der Waals surface area contributed by atoms with Crippen molar-refractivity contribution < 1.29 is 0 Å². The fourth-order valence-corrected chi connectivity index (χ4v) is 1.30. The summed E-state index contributed by atoms with van der Waals surface area (Å²) in [5.41, 5.74) is 1.49. The molecule has 56 valence electrons. The number of hydrogen-bond donors (Lipinski definition) is 0. The molecule has 0 nitrogen and oxygen atoms in total. The number of halogens is 1. The molecule has 1 aliphatic rings. The first-order chi connectivity index (χ1) is 4.93. The Hall–Kier alpha value is -0.230. The average molecular weight is 157 g/mol. The lowest BCUT2D eigenvalue weighted by Crippen LogP contribution is -1.79. The summed E-state index contributed by atoms with van der Waals surface area (Å²) in [6.07, 6.45) is 11.4. The molecule has 0 aromatic rings. The highest BCUT2D eigenvalue weighted by Crippen LogP contribution is 2.15. The molecular weight excluding hydrogens is 144 g/mol. The van der Waals surface area contributed by atoms with E-state index in [-0.39, 0.29) is 0 Å². The van der Waals surface area contributed by atoms with E-state index in [1.807, 2.05) is 0 Å². The van der Waals surface area contributed by atoms with Gasteiger partial charge in [0.1, 0.15) is 0 Å². The minimum absolute atomic E-state index is 0.803. The van der Waals surface area contributed by atoms with Gasteiger partial charge < -0.3 is 0 Å². The number of unbranched alkanes of at least 4 members (excludes halogenated alkanes) is 1. The molecule has 0 atom stereocenters. The van der Waals surface area contributed by atoms with E-state index in [4.69, 9.17) is 11.6 Å². The molecule has 0 aromatic carbocycles. The van der Waals surface area contributed by atoms with Crippen molar-refractivity contribution in [1.29, 1.82) is 0 Å². The van der Waals surface area contributed by atoms with Crippen LogP contribution < -0.4 is 0 Å². The highest BCUT2D eigenvalue weighted by molar-refractivity contribution is 6.17. The van der Waals surface area contributed by atoms with Gasteiger partial charge in [0.05, 0.1) is 0 Å². The van der Waals surface area contributed by atoms with Crippen molar-refractivity contribution in [3.63, 3.8) is 0 Å². The fraction of sp³-hybridized carbons (Fsp3) is 0.556. The van der Waals surface area contributed by atoms with Gasteiger partial charge in [0.25, 0.3) is 0 Å². The molecular formula is C9H13Cl. The maximum Gasteiger partial charge on any atom is 0.0223 e. The Morgan fingerprint density at radius 2 is 2.30 bits per heavy atom. The summed E-state index contributed by atoms with van der Waals surface area (Å²) >= 11 is 5.55. The molecule has 0 fully saturated rings. The Kier molecular flexibility index (Phi) is 3.59. The minimum Gasteiger partial charge on any atom is -0.127 e. The lowest BCUT2D eigenvalue weighted by atomic mass is 10.1. The maximum atomic E-state index is 5.55. The number of hydrogen-bond acceptors (Lipinski definition) is 0. The second kappa shape index (κ2) is 4.56. The van der Waals surface area contributed by atoms with Crippen LogP contribution >= 0.6 is 11.6 Å². The van der Waals surface area contributed by atoms with Gasteiger partial charge in [-0.3, -0.25) is 0 Å². The fourth-order valence-electron chi connectivity index (χ4n) is 1.12. The second-order valence-corrected chi connectivity index (χ2v) is 2.94. The van der Waals surface area contributed by atoms with Gasteiger partial charge in [-0.1, -0.05) is 23.8 Å². The SMILES string of the molecule is ClCCCCC1=CCC=C1. The van der Waals surface area contributed by atoms with Gasteiger partial charge >= 0.3 is 0 Å². The molecule has 0 saturated carbocycles. The standard InChI is InChI=1S/C9H13Cl/c10-8-4-3-7-9-5-1-2-6-9/h1,5-6H,2-4,7-8H2. The zero-order valence-electron chi connectivity index (χ0n) is 6.15. The van der Waals surface area contributed by atoms with Crippen molar-refractivity contribution >= 4 is 11.6 Å². The van der Waals surface area contributed by atoms with Gasteiger partial charge in [0, 0.05) is 5.88 Å². The van der Waals surface area contributed by atoms with Crippen molar-refractivity contribution in [3.8, 4) is 0 Å². The number of alkyl halides is 1. The Bertz CT molecular complexity index is 145. The van der Waals surface area contributed by atoms with E-state index < -0.39 is 0 Å². The summed E-state index contributed by atoms with van der Waals surface area (Å²) in [5, 5.41) is 0. The third-order valence-corrected chi connectivity index (χ3v) is 1.96. The Labute approximate surface area is 67.6 Å². The summed E-state index contributed by atoms with van der Waals surface area (Å²) in [6, 6.07) is 0. The highest BCUT2D eigenvalue weighted by atomic mass is 35.5. The summed E-state index contributed by atoms with van der Waals surface area (Å²) < 4.78 is 0. The van der Waals surface area contributed by atoms with E-state index in [1.165, 1.54) is 18.4 Å². The highest BCUT2D eigenvalue weighted by Gasteiger charge is 1.96. The molecule has 1 heteroatoms. The van der Waals surface area contributed by atoms with Gasteiger partial charge in [0.2, 0.25) is 0 Å². The molecule has 0 aromatic heterocycles. The minimum atomic E-state index is 0.803. The van der Waals surface area contributed by atoms with Crippen LogP contribution in [0.4, 0.5) is 0 Å². The topological polar surface area (TPSA) is 0 Å². The van der Waals surface area contributed by atoms with E-state index in [9.17, 15) is 0 Å². The van der Waals surface area contributed by atoms with Crippen molar-refractivity contribution in [1.82, 2.24) is 0 Å². The first-order valence-corrected chi connectivity index (χ1v) is 4.38. The van der Waals surface area contributed by atoms with E-state index in [0.29, 0.717) is 0 Å². The summed E-state index contributed by atoms with van der Waals surface area (Å²) in [7, 11) is 0. The van der Waals surface area contributed by atoms with Gasteiger partial charge in [-0.25, -0.2) is 0 Å². The quantitative estimate of drug-likeness (QED) is 0.433. The van der Waals surface area contributed by atoms with Crippen LogP contribution in [-0.2, 0) is 0 Å². The average Bonchev–Trinajstić information content (AvgIpc) is 2.41. The van der Waals surface area contributed by atoms with E-state index in [0.717, 1.165) is 18.7 Å². The second-order valence-electron chi connectivity index (χ2n) is 2.56. The summed E-state index contributed by atoms with van der Waals surface area (Å²) in [5.74, 6) is 0.803. The van der Waals surface area contributed by atoms with Crippen molar-refractivity contribution in [2.45, 2.75) is 25.7 Å². The first-order valence-electron chi connectivity index (χ1n) is 3.85. The van der Waals surface area contributed by atoms with Crippen molar-refractivity contribution in [2.75, 3.05) is 5.88 Å². The number of allylic oxidation sites excluding steroid dienone is 4. The molecule has 10 heavy (non-hydrogen) atoms. The monoisotopic (exact) mass is 156 g/mol. The Morgan fingerprint density at radius 3 is 2.90 bits per heavy atom. The summed E-state index contributed by atoms with van der Waals surface area (Å²) in [6.45, 7) is 0. The van der Waals surface area contributed by atoms with Crippen LogP contribution in [0.5, 0.6) is 0 Å². The lowest BCUT2D eigenvalue weighted by Gasteiger charge is -1.95. The largest absolute Gasteiger partial charge is 0.127 e. The molecule has 1 aliphatic carbocycles. The molecule has 0 N–H and O–H groups in total. The predicted molar refractivity (Wildman–Crippen MR) is 46.4 cm³/mol. The van der Waals surface area contributed by atoms with Crippen molar-refractivity contribution in [3.05, 3.63) is 23.8 Å². The van der Waals surface area contributed by atoms with Gasteiger partial charge in [-0.15, -0.1) is 11.6 Å². The van der Waals surface area contributed by atoms with Crippen LogP contribution in [-0.4, -0.2) is 5.88 Å². The third-order valence-electron chi connectivity index (χ3n) is 1.70. The Morgan fingerprint density at radius 1 is 1.40 bits per heavy atom. The van der Waals surface area contributed by atoms with E-state index >= 15 is 0 Å². The van der Waals surface area contributed by atoms with Crippen LogP contribution in [0.25, 0.3) is 0 Å². The Balaban J connectivity index is 2.08. The lowest BCUT2D eigenvalue weighted by molar-refractivity contribution is 0.803. The molecule has 0 spiro atoms. The zero-order valence-corrected chi connectivity index (χ0v) is 6.90. The molecule has 0 radical (unpaired) electrons. The van der Waals surface area contributed by atoms with Crippen LogP contribution in [0.1, 0.15) is 25.7 Å². The zero-order chi connectivity index (χ0) is 7.23. The van der Waals surface area contributed by atoms with Crippen molar-refractivity contribution in [2.24, 2.45) is 0 Å². The maximum absolute atomic E-state index is 5.55. The molecule has 0 bridgehead atoms. The van der Waals surface area contributed by atoms with Gasteiger partial charge in [-0.2, -0.15) is 0 Å². The van der Waals surface area contributed by atoms with Crippen LogP contribution in [0.15, 0.2) is 23.8 Å². The molecule has 0 saturated heterocycles.